The van der Waals surface area contributed by atoms with E-state index < -0.39 is 0 Å². The van der Waals surface area contributed by atoms with Gasteiger partial charge in [-0.05, 0) is 19.3 Å². The first-order chi connectivity index (χ1) is 7.52. The zero-order valence-corrected chi connectivity index (χ0v) is 11.2. The summed E-state index contributed by atoms with van der Waals surface area (Å²) in [5.74, 6) is 0.888. The van der Waals surface area contributed by atoms with Crippen molar-refractivity contribution < 1.29 is 9.32 Å². The second-order valence-electron chi connectivity index (χ2n) is 4.36. The quantitative estimate of drug-likeness (QED) is 0.842. The molecule has 5 nitrogen and oxygen atoms in total. The van der Waals surface area contributed by atoms with Crippen molar-refractivity contribution in [1.29, 1.82) is 0 Å². The Bertz CT molecular complexity index is 352. The monoisotopic (exact) mass is 261 g/mol. The molecule has 0 aliphatic heterocycles. The molecular weight excluding hydrogens is 242 g/mol. The number of hydrogen-bond acceptors (Lipinski definition) is 4. The van der Waals surface area contributed by atoms with Crippen molar-refractivity contribution in [2.75, 3.05) is 6.54 Å². The molecule has 0 bridgehead atoms. The summed E-state index contributed by atoms with van der Waals surface area (Å²) in [4.78, 5) is 11.7. The second kappa shape index (κ2) is 7.29. The van der Waals surface area contributed by atoms with Gasteiger partial charge in [0, 0.05) is 18.7 Å². The lowest BCUT2D eigenvalue weighted by Crippen LogP contribution is -2.41. The molecule has 0 saturated heterocycles. The number of nitrogens with one attached hydrogen (secondary N) is 1. The molecule has 1 aromatic rings. The molecule has 1 unspecified atom stereocenters. The molecule has 0 radical (unpaired) electrons. The van der Waals surface area contributed by atoms with Crippen molar-refractivity contribution in [2.24, 2.45) is 11.7 Å². The van der Waals surface area contributed by atoms with Gasteiger partial charge in [0.2, 0.25) is 0 Å². The van der Waals surface area contributed by atoms with Crippen molar-refractivity contribution in [1.82, 2.24) is 10.5 Å². The third kappa shape index (κ3) is 5.19. The average Bonchev–Trinajstić information content (AvgIpc) is 2.63. The number of rotatable bonds is 5. The topological polar surface area (TPSA) is 81.2 Å². The van der Waals surface area contributed by atoms with E-state index in [-0.39, 0.29) is 24.4 Å². The first kappa shape index (κ1) is 15.9. The summed E-state index contributed by atoms with van der Waals surface area (Å²) in [6.07, 6.45) is 0.860. The molecule has 1 amide bonds. The smallest absolute Gasteiger partial charge is 0.273 e. The summed E-state index contributed by atoms with van der Waals surface area (Å²) in [5.41, 5.74) is 5.90. The molecule has 1 heterocycles. The number of nitrogens with two attached hydrogens (primary N) is 1. The second-order valence-corrected chi connectivity index (χ2v) is 4.36. The van der Waals surface area contributed by atoms with Gasteiger partial charge in [-0.1, -0.05) is 19.0 Å². The zero-order valence-electron chi connectivity index (χ0n) is 10.4. The number of carbonyl (C=O) groups excluding carboxylic acids is 1. The number of amides is 1. The predicted octanol–water partition coefficient (Wildman–Crippen LogP) is 1.51. The van der Waals surface area contributed by atoms with Gasteiger partial charge in [-0.15, -0.1) is 12.4 Å². The molecule has 98 valence electrons. The molecule has 0 aliphatic rings. The van der Waals surface area contributed by atoms with E-state index in [4.69, 9.17) is 10.3 Å². The fraction of sp³-hybridized carbons (Fsp3) is 0.636. The summed E-state index contributed by atoms with van der Waals surface area (Å²) >= 11 is 0. The molecule has 3 N–H and O–H groups in total. The molecule has 6 heteroatoms. The standard InChI is InChI=1S/C11H19N3O2.ClH/c1-7(2)4-9(6-12)13-11(15)10-5-8(3)16-14-10;/h5,7,9H,4,6,12H2,1-3H3,(H,13,15);1H. The van der Waals surface area contributed by atoms with Crippen LogP contribution in [0.5, 0.6) is 0 Å². The Morgan fingerprint density at radius 1 is 1.59 bits per heavy atom. The van der Waals surface area contributed by atoms with Gasteiger partial charge in [-0.3, -0.25) is 4.79 Å². The summed E-state index contributed by atoms with van der Waals surface area (Å²) in [6.45, 7) is 6.36. The highest BCUT2D eigenvalue weighted by Crippen LogP contribution is 2.06. The van der Waals surface area contributed by atoms with Crippen LogP contribution in [0.2, 0.25) is 0 Å². The summed E-state index contributed by atoms with van der Waals surface area (Å²) in [6, 6.07) is 1.60. The molecule has 0 aromatic carbocycles. The first-order valence-electron chi connectivity index (χ1n) is 5.47. The van der Waals surface area contributed by atoms with Crippen LogP contribution in [0.25, 0.3) is 0 Å². The molecule has 0 fully saturated rings. The van der Waals surface area contributed by atoms with Gasteiger partial charge >= 0.3 is 0 Å². The average molecular weight is 262 g/mol. The Labute approximate surface area is 108 Å². The van der Waals surface area contributed by atoms with Crippen LogP contribution >= 0.6 is 12.4 Å². The first-order valence-corrected chi connectivity index (χ1v) is 5.47. The Balaban J connectivity index is 0.00000256. The molecule has 0 spiro atoms. The lowest BCUT2D eigenvalue weighted by molar-refractivity contribution is 0.0924. The Morgan fingerprint density at radius 3 is 2.65 bits per heavy atom. The summed E-state index contributed by atoms with van der Waals surface area (Å²) < 4.78 is 4.84. The van der Waals surface area contributed by atoms with E-state index in [0.29, 0.717) is 23.9 Å². The van der Waals surface area contributed by atoms with Crippen molar-refractivity contribution in [3.8, 4) is 0 Å². The minimum atomic E-state index is -0.229. The van der Waals surface area contributed by atoms with E-state index in [1.807, 2.05) is 0 Å². The zero-order chi connectivity index (χ0) is 12.1. The van der Waals surface area contributed by atoms with Crippen molar-refractivity contribution in [3.05, 3.63) is 17.5 Å². The fourth-order valence-electron chi connectivity index (χ4n) is 1.52. The van der Waals surface area contributed by atoms with Crippen molar-refractivity contribution in [3.63, 3.8) is 0 Å². The highest BCUT2D eigenvalue weighted by molar-refractivity contribution is 5.92. The Morgan fingerprint density at radius 2 is 2.24 bits per heavy atom. The largest absolute Gasteiger partial charge is 0.361 e. The van der Waals surface area contributed by atoms with Gasteiger partial charge in [-0.25, -0.2) is 0 Å². The maximum atomic E-state index is 11.7. The van der Waals surface area contributed by atoms with Crippen molar-refractivity contribution >= 4 is 18.3 Å². The maximum absolute atomic E-state index is 11.7. The highest BCUT2D eigenvalue weighted by Gasteiger charge is 2.16. The van der Waals surface area contributed by atoms with Gasteiger partial charge in [0.1, 0.15) is 5.76 Å². The lowest BCUT2D eigenvalue weighted by Gasteiger charge is -2.17. The van der Waals surface area contributed by atoms with Crippen LogP contribution < -0.4 is 11.1 Å². The summed E-state index contributed by atoms with van der Waals surface area (Å²) in [5, 5.41) is 6.50. The van der Waals surface area contributed by atoms with E-state index in [0.717, 1.165) is 6.42 Å². The SMILES string of the molecule is Cc1cc(C(=O)NC(CN)CC(C)C)no1.Cl. The van der Waals surface area contributed by atoms with Crippen LogP contribution in [-0.4, -0.2) is 23.7 Å². The summed E-state index contributed by atoms with van der Waals surface area (Å²) in [7, 11) is 0. The molecule has 17 heavy (non-hydrogen) atoms. The lowest BCUT2D eigenvalue weighted by atomic mass is 10.0. The van der Waals surface area contributed by atoms with Gasteiger partial charge in [-0.2, -0.15) is 0 Å². The Hall–Kier alpha value is -1.07. The minimum Gasteiger partial charge on any atom is -0.361 e. The number of carbonyl (C=O) groups is 1. The Kier molecular flexibility index (Phi) is 6.83. The number of nitrogens with zero attached hydrogens (tertiary/aromatic N) is 1. The molecule has 1 aromatic heterocycles. The molecular formula is C11H20ClN3O2. The molecule has 0 saturated carbocycles. The van der Waals surface area contributed by atoms with Crippen LogP contribution in [0.4, 0.5) is 0 Å². The highest BCUT2D eigenvalue weighted by atomic mass is 35.5. The van der Waals surface area contributed by atoms with Crippen LogP contribution in [0, 0.1) is 12.8 Å². The van der Waals surface area contributed by atoms with E-state index in [1.165, 1.54) is 0 Å². The normalized spacial score (nSPS) is 12.1. The van der Waals surface area contributed by atoms with E-state index >= 15 is 0 Å². The van der Waals surface area contributed by atoms with Gasteiger partial charge in [0.05, 0.1) is 0 Å². The number of aromatic nitrogens is 1. The molecule has 0 aliphatic carbocycles. The minimum absolute atomic E-state index is 0. The van der Waals surface area contributed by atoms with Gasteiger partial charge in [0.25, 0.3) is 5.91 Å². The van der Waals surface area contributed by atoms with Gasteiger partial charge in [0.15, 0.2) is 5.69 Å². The predicted molar refractivity (Wildman–Crippen MR) is 68.3 cm³/mol. The third-order valence-electron chi connectivity index (χ3n) is 2.24. The van der Waals surface area contributed by atoms with Crippen LogP contribution in [0.3, 0.4) is 0 Å². The fourth-order valence-corrected chi connectivity index (χ4v) is 1.52. The van der Waals surface area contributed by atoms with Crippen molar-refractivity contribution in [2.45, 2.75) is 33.2 Å². The third-order valence-corrected chi connectivity index (χ3v) is 2.24. The van der Waals surface area contributed by atoms with E-state index in [9.17, 15) is 4.79 Å². The van der Waals surface area contributed by atoms with Crippen LogP contribution in [-0.2, 0) is 0 Å². The number of aryl methyl sites for hydroxylation is 1. The number of halogens is 1. The number of hydrogen-bond donors (Lipinski definition) is 2. The molecule has 1 atom stereocenters. The van der Waals surface area contributed by atoms with Crippen LogP contribution in [0.15, 0.2) is 10.6 Å². The molecule has 1 rings (SSSR count). The van der Waals surface area contributed by atoms with Crippen LogP contribution in [0.1, 0.15) is 36.5 Å². The van der Waals surface area contributed by atoms with E-state index in [1.54, 1.807) is 13.0 Å². The van der Waals surface area contributed by atoms with E-state index in [2.05, 4.69) is 24.3 Å². The maximum Gasteiger partial charge on any atom is 0.273 e. The van der Waals surface area contributed by atoms with Gasteiger partial charge < -0.3 is 15.6 Å².